The van der Waals surface area contributed by atoms with Crippen molar-refractivity contribution in [2.24, 2.45) is 12.8 Å². The Morgan fingerprint density at radius 2 is 2.11 bits per heavy atom. The smallest absolute Gasteiger partial charge is 0.226 e. The fourth-order valence-electron chi connectivity index (χ4n) is 1.94. The van der Waals surface area contributed by atoms with Crippen LogP contribution in [0, 0.1) is 6.92 Å². The van der Waals surface area contributed by atoms with E-state index in [1.54, 1.807) is 10.9 Å². The van der Waals surface area contributed by atoms with E-state index in [-0.39, 0.29) is 18.4 Å². The maximum Gasteiger partial charge on any atom is 0.226 e. The Hall–Kier alpha value is -2.14. The van der Waals surface area contributed by atoms with Crippen LogP contribution >= 0.6 is 0 Å². The number of anilines is 1. The fourth-order valence-corrected chi connectivity index (χ4v) is 1.94. The molecule has 0 aliphatic rings. The van der Waals surface area contributed by atoms with Crippen LogP contribution in [0.25, 0.3) is 0 Å². The number of nitrogens with one attached hydrogen (secondary N) is 1. The van der Waals surface area contributed by atoms with Crippen LogP contribution in [0.5, 0.6) is 0 Å². The fraction of sp³-hybridized carbons (Fsp3) is 0.286. The van der Waals surface area contributed by atoms with E-state index in [4.69, 9.17) is 5.73 Å². The molecule has 1 amide bonds. The van der Waals surface area contributed by atoms with E-state index in [1.807, 2.05) is 44.3 Å². The maximum atomic E-state index is 11.9. The van der Waals surface area contributed by atoms with E-state index >= 15 is 0 Å². The zero-order valence-electron chi connectivity index (χ0n) is 11.1. The summed E-state index contributed by atoms with van der Waals surface area (Å²) in [6, 6.07) is 9.31. The predicted molar refractivity (Wildman–Crippen MR) is 74.6 cm³/mol. The highest BCUT2D eigenvalue weighted by molar-refractivity contribution is 5.91. The minimum atomic E-state index is -0.293. The minimum absolute atomic E-state index is 0.104. The lowest BCUT2D eigenvalue weighted by atomic mass is 10.0. The van der Waals surface area contributed by atoms with Gasteiger partial charge in [-0.2, -0.15) is 5.10 Å². The number of aryl methyl sites for hydroxylation is 2. The number of benzene rings is 1. The molecule has 1 aromatic carbocycles. The molecule has 0 aliphatic heterocycles. The number of carbonyl (C=O) groups is 1. The summed E-state index contributed by atoms with van der Waals surface area (Å²) >= 11 is 0. The van der Waals surface area contributed by atoms with Crippen LogP contribution < -0.4 is 11.1 Å². The van der Waals surface area contributed by atoms with Crippen molar-refractivity contribution in [3.05, 3.63) is 47.8 Å². The third-order valence-corrected chi connectivity index (χ3v) is 2.92. The lowest BCUT2D eigenvalue weighted by molar-refractivity contribution is -0.116. The molecule has 5 nitrogen and oxygen atoms in total. The van der Waals surface area contributed by atoms with Gasteiger partial charge in [-0.05, 0) is 12.5 Å². The first-order valence-corrected chi connectivity index (χ1v) is 6.17. The number of nitrogens with zero attached hydrogens (tertiary/aromatic N) is 2. The van der Waals surface area contributed by atoms with Crippen molar-refractivity contribution in [3.63, 3.8) is 0 Å². The van der Waals surface area contributed by atoms with Crippen molar-refractivity contribution in [1.82, 2.24) is 9.78 Å². The molecule has 19 heavy (non-hydrogen) atoms. The maximum absolute atomic E-state index is 11.9. The highest BCUT2D eigenvalue weighted by atomic mass is 16.1. The standard InChI is InChI=1S/C14H18N4O/c1-10-13(9-18(2)17-10)16-14(19)8-12(15)11-6-4-3-5-7-11/h3-7,9,12H,8,15H2,1-2H3,(H,16,19). The second-order valence-electron chi connectivity index (χ2n) is 4.57. The van der Waals surface area contributed by atoms with Crippen LogP contribution in [0.1, 0.15) is 23.7 Å². The molecule has 0 bridgehead atoms. The minimum Gasteiger partial charge on any atom is -0.324 e. The summed E-state index contributed by atoms with van der Waals surface area (Å²) in [6.07, 6.45) is 2.03. The zero-order valence-corrected chi connectivity index (χ0v) is 11.1. The van der Waals surface area contributed by atoms with Crippen LogP contribution in [0.2, 0.25) is 0 Å². The van der Waals surface area contributed by atoms with Crippen LogP contribution in [-0.2, 0) is 11.8 Å². The molecule has 1 atom stereocenters. The Balaban J connectivity index is 1.96. The first kappa shape index (κ1) is 13.3. The number of amides is 1. The van der Waals surface area contributed by atoms with E-state index in [2.05, 4.69) is 10.4 Å². The highest BCUT2D eigenvalue weighted by Gasteiger charge is 2.13. The van der Waals surface area contributed by atoms with Gasteiger partial charge < -0.3 is 11.1 Å². The van der Waals surface area contributed by atoms with Crippen molar-refractivity contribution in [3.8, 4) is 0 Å². The first-order chi connectivity index (χ1) is 9.06. The third-order valence-electron chi connectivity index (χ3n) is 2.92. The Bertz CT molecular complexity index is 562. The second-order valence-corrected chi connectivity index (χ2v) is 4.57. The van der Waals surface area contributed by atoms with Crippen LogP contribution in [0.4, 0.5) is 5.69 Å². The number of hydrogen-bond donors (Lipinski definition) is 2. The van der Waals surface area contributed by atoms with Gasteiger partial charge in [0, 0.05) is 25.7 Å². The molecule has 1 aromatic heterocycles. The van der Waals surface area contributed by atoms with E-state index < -0.39 is 0 Å². The molecule has 0 spiro atoms. The summed E-state index contributed by atoms with van der Waals surface area (Å²) in [4.78, 5) is 11.9. The molecule has 0 aliphatic carbocycles. The average Bonchev–Trinajstić information content (AvgIpc) is 2.68. The number of nitrogens with two attached hydrogens (primary N) is 1. The van der Waals surface area contributed by atoms with Gasteiger partial charge in [0.25, 0.3) is 0 Å². The molecular formula is C14H18N4O. The molecule has 3 N–H and O–H groups in total. The van der Waals surface area contributed by atoms with Gasteiger partial charge in [0.05, 0.1) is 11.4 Å². The van der Waals surface area contributed by atoms with Gasteiger partial charge in [0.2, 0.25) is 5.91 Å². The monoisotopic (exact) mass is 258 g/mol. The number of hydrogen-bond acceptors (Lipinski definition) is 3. The van der Waals surface area contributed by atoms with E-state index in [0.29, 0.717) is 0 Å². The molecule has 2 aromatic rings. The van der Waals surface area contributed by atoms with Crippen molar-refractivity contribution >= 4 is 11.6 Å². The number of carbonyl (C=O) groups excluding carboxylic acids is 1. The lowest BCUT2D eigenvalue weighted by Gasteiger charge is -2.11. The van der Waals surface area contributed by atoms with Crippen molar-refractivity contribution in [2.75, 3.05) is 5.32 Å². The SMILES string of the molecule is Cc1nn(C)cc1NC(=O)CC(N)c1ccccc1. The molecule has 0 saturated carbocycles. The molecule has 1 unspecified atom stereocenters. The quantitative estimate of drug-likeness (QED) is 0.877. The average molecular weight is 258 g/mol. The molecule has 5 heteroatoms. The predicted octanol–water partition coefficient (Wildman–Crippen LogP) is 1.76. The molecule has 100 valence electrons. The van der Waals surface area contributed by atoms with Crippen LogP contribution in [-0.4, -0.2) is 15.7 Å². The Kier molecular flexibility index (Phi) is 3.97. The summed E-state index contributed by atoms with van der Waals surface area (Å²) < 4.78 is 1.67. The Morgan fingerprint density at radius 1 is 1.42 bits per heavy atom. The Labute approximate surface area is 112 Å². The van der Waals surface area contributed by atoms with E-state index in [0.717, 1.165) is 16.9 Å². The summed E-state index contributed by atoms with van der Waals surface area (Å²) in [5.74, 6) is -0.104. The summed E-state index contributed by atoms with van der Waals surface area (Å²) in [5.41, 5.74) is 8.49. The molecule has 0 saturated heterocycles. The molecular weight excluding hydrogens is 240 g/mol. The van der Waals surface area contributed by atoms with Gasteiger partial charge in [-0.15, -0.1) is 0 Å². The first-order valence-electron chi connectivity index (χ1n) is 6.17. The topological polar surface area (TPSA) is 72.9 Å². The van der Waals surface area contributed by atoms with Crippen molar-refractivity contribution in [2.45, 2.75) is 19.4 Å². The van der Waals surface area contributed by atoms with E-state index in [1.165, 1.54) is 0 Å². The second kappa shape index (κ2) is 5.67. The molecule has 0 fully saturated rings. The van der Waals surface area contributed by atoms with Gasteiger partial charge in [0.15, 0.2) is 0 Å². The highest BCUT2D eigenvalue weighted by Crippen LogP contribution is 2.16. The normalized spacial score (nSPS) is 12.2. The third kappa shape index (κ3) is 3.42. The Morgan fingerprint density at radius 3 is 2.68 bits per heavy atom. The lowest BCUT2D eigenvalue weighted by Crippen LogP contribution is -2.20. The molecule has 1 heterocycles. The van der Waals surface area contributed by atoms with Gasteiger partial charge in [0.1, 0.15) is 0 Å². The molecule has 0 radical (unpaired) electrons. The summed E-state index contributed by atoms with van der Waals surface area (Å²) in [6.45, 7) is 1.85. The van der Waals surface area contributed by atoms with Crippen molar-refractivity contribution in [1.29, 1.82) is 0 Å². The summed E-state index contributed by atoms with van der Waals surface area (Å²) in [5, 5.41) is 7.00. The number of aromatic nitrogens is 2. The van der Waals surface area contributed by atoms with Crippen LogP contribution in [0.3, 0.4) is 0 Å². The molecule has 2 rings (SSSR count). The zero-order chi connectivity index (χ0) is 13.8. The van der Waals surface area contributed by atoms with Gasteiger partial charge in [-0.1, -0.05) is 30.3 Å². The van der Waals surface area contributed by atoms with Gasteiger partial charge in [-0.25, -0.2) is 0 Å². The van der Waals surface area contributed by atoms with Gasteiger partial charge in [-0.3, -0.25) is 9.48 Å². The van der Waals surface area contributed by atoms with Gasteiger partial charge >= 0.3 is 0 Å². The summed E-state index contributed by atoms with van der Waals surface area (Å²) in [7, 11) is 1.82. The van der Waals surface area contributed by atoms with Crippen LogP contribution in [0.15, 0.2) is 36.5 Å². The van der Waals surface area contributed by atoms with E-state index in [9.17, 15) is 4.79 Å². The van der Waals surface area contributed by atoms with Crippen molar-refractivity contribution < 1.29 is 4.79 Å². The largest absolute Gasteiger partial charge is 0.324 e. The number of rotatable bonds is 4.